The lowest BCUT2D eigenvalue weighted by molar-refractivity contribution is 0.565. The molecule has 1 aromatic carbocycles. The number of benzene rings is 1. The van der Waals surface area contributed by atoms with Gasteiger partial charge in [-0.2, -0.15) is 0 Å². The molecule has 84 valence electrons. The van der Waals surface area contributed by atoms with Crippen molar-refractivity contribution >= 4 is 15.9 Å². The first-order valence-corrected chi connectivity index (χ1v) is 5.17. The fourth-order valence-corrected chi connectivity index (χ4v) is 1.60. The lowest BCUT2D eigenvalue weighted by Gasteiger charge is -2.06. The average Bonchev–Trinajstić information content (AvgIpc) is 2.71. The van der Waals surface area contributed by atoms with Gasteiger partial charge in [0.2, 0.25) is 0 Å². The predicted octanol–water partition coefficient (Wildman–Crippen LogP) is 1.77. The van der Waals surface area contributed by atoms with Crippen molar-refractivity contribution in [1.82, 2.24) is 15.0 Å². The van der Waals surface area contributed by atoms with Gasteiger partial charge < -0.3 is 5.73 Å². The Morgan fingerprint density at radius 3 is 2.75 bits per heavy atom. The second-order valence-corrected chi connectivity index (χ2v) is 3.91. The third-order valence-electron chi connectivity index (χ3n) is 2.05. The molecule has 1 heterocycles. The summed E-state index contributed by atoms with van der Waals surface area (Å²) < 4.78 is 27.9. The highest BCUT2D eigenvalue weighted by molar-refractivity contribution is 9.10. The van der Waals surface area contributed by atoms with Gasteiger partial charge in [0.25, 0.3) is 0 Å². The van der Waals surface area contributed by atoms with Crippen molar-refractivity contribution in [3.05, 3.63) is 40.1 Å². The lowest BCUT2D eigenvalue weighted by Crippen LogP contribution is -2.08. The van der Waals surface area contributed by atoms with Crippen LogP contribution >= 0.6 is 15.9 Å². The van der Waals surface area contributed by atoms with Gasteiger partial charge in [-0.3, -0.25) is 0 Å². The minimum atomic E-state index is -0.721. The maximum atomic E-state index is 13.5. The molecule has 0 spiro atoms. The van der Waals surface area contributed by atoms with E-state index in [2.05, 4.69) is 26.2 Å². The van der Waals surface area contributed by atoms with Gasteiger partial charge in [0.15, 0.2) is 5.82 Å². The van der Waals surface area contributed by atoms with Crippen LogP contribution in [-0.2, 0) is 6.54 Å². The molecule has 0 saturated heterocycles. The third-order valence-corrected chi connectivity index (χ3v) is 2.65. The van der Waals surface area contributed by atoms with Crippen LogP contribution in [0.15, 0.2) is 22.8 Å². The molecular weight excluding hydrogens is 282 g/mol. The van der Waals surface area contributed by atoms with Crippen LogP contribution in [0, 0.1) is 11.6 Å². The second kappa shape index (κ2) is 4.26. The zero-order valence-electron chi connectivity index (χ0n) is 7.99. The summed E-state index contributed by atoms with van der Waals surface area (Å²) in [5.74, 6) is -1.39. The molecule has 2 aromatic rings. The highest BCUT2D eigenvalue weighted by Crippen LogP contribution is 2.22. The minimum absolute atomic E-state index is 0.103. The predicted molar refractivity (Wildman–Crippen MR) is 56.9 cm³/mol. The molecule has 0 atom stereocenters. The molecule has 0 radical (unpaired) electrons. The van der Waals surface area contributed by atoms with Crippen LogP contribution in [0.2, 0.25) is 0 Å². The number of nitrogens with zero attached hydrogens (tertiary/aromatic N) is 3. The maximum Gasteiger partial charge on any atom is 0.151 e. The van der Waals surface area contributed by atoms with Crippen LogP contribution in [0.5, 0.6) is 0 Å². The fourth-order valence-electron chi connectivity index (χ4n) is 1.27. The van der Waals surface area contributed by atoms with Crippen LogP contribution in [0.1, 0.15) is 5.69 Å². The standard InChI is InChI=1S/C9H7BrF2N4/c10-6-1-9(8(12)2-7(6)11)16-5(3-13)4-14-15-16/h1-2,4H,3,13H2. The van der Waals surface area contributed by atoms with Crippen molar-refractivity contribution in [2.24, 2.45) is 5.73 Å². The van der Waals surface area contributed by atoms with E-state index in [1.807, 2.05) is 0 Å². The van der Waals surface area contributed by atoms with E-state index in [1.165, 1.54) is 16.9 Å². The zero-order valence-corrected chi connectivity index (χ0v) is 9.58. The summed E-state index contributed by atoms with van der Waals surface area (Å²) in [6.45, 7) is 0.168. The smallest absolute Gasteiger partial charge is 0.151 e. The zero-order chi connectivity index (χ0) is 11.7. The summed E-state index contributed by atoms with van der Waals surface area (Å²) in [5, 5.41) is 7.31. The number of rotatable bonds is 2. The molecule has 2 N–H and O–H groups in total. The van der Waals surface area contributed by atoms with E-state index in [1.54, 1.807) is 0 Å². The Labute approximate surface area is 98.2 Å². The largest absolute Gasteiger partial charge is 0.325 e. The molecule has 0 aliphatic carbocycles. The highest BCUT2D eigenvalue weighted by Gasteiger charge is 2.13. The fraction of sp³-hybridized carbons (Fsp3) is 0.111. The Kier molecular flexibility index (Phi) is 2.97. The van der Waals surface area contributed by atoms with Crippen LogP contribution < -0.4 is 5.73 Å². The molecule has 1 aromatic heterocycles. The van der Waals surface area contributed by atoms with Crippen LogP contribution in [-0.4, -0.2) is 15.0 Å². The van der Waals surface area contributed by atoms with Gasteiger partial charge in [-0.25, -0.2) is 13.5 Å². The van der Waals surface area contributed by atoms with Crippen LogP contribution in [0.3, 0.4) is 0 Å². The Morgan fingerprint density at radius 1 is 1.31 bits per heavy atom. The summed E-state index contributed by atoms with van der Waals surface area (Å²) in [6.07, 6.45) is 1.43. The summed E-state index contributed by atoms with van der Waals surface area (Å²) >= 11 is 2.98. The van der Waals surface area contributed by atoms with Gasteiger partial charge in [0.05, 0.1) is 16.4 Å². The van der Waals surface area contributed by atoms with E-state index < -0.39 is 11.6 Å². The maximum absolute atomic E-state index is 13.5. The molecule has 0 fully saturated rings. The Balaban J connectivity index is 2.60. The van der Waals surface area contributed by atoms with Gasteiger partial charge in [-0.05, 0) is 22.0 Å². The Morgan fingerprint density at radius 2 is 2.06 bits per heavy atom. The van der Waals surface area contributed by atoms with Gasteiger partial charge in [-0.1, -0.05) is 5.21 Å². The summed E-state index contributed by atoms with van der Waals surface area (Å²) in [4.78, 5) is 0. The summed E-state index contributed by atoms with van der Waals surface area (Å²) in [7, 11) is 0. The molecule has 0 saturated carbocycles. The molecule has 2 rings (SSSR count). The van der Waals surface area contributed by atoms with Crippen LogP contribution in [0.4, 0.5) is 8.78 Å². The summed E-state index contributed by atoms with van der Waals surface area (Å²) in [6, 6.07) is 2.07. The van der Waals surface area contributed by atoms with Crippen molar-refractivity contribution in [3.63, 3.8) is 0 Å². The molecule has 0 aliphatic rings. The van der Waals surface area contributed by atoms with Crippen LogP contribution in [0.25, 0.3) is 5.69 Å². The van der Waals surface area contributed by atoms with E-state index in [4.69, 9.17) is 5.73 Å². The van der Waals surface area contributed by atoms with E-state index in [-0.39, 0.29) is 16.7 Å². The second-order valence-electron chi connectivity index (χ2n) is 3.06. The number of aromatic nitrogens is 3. The monoisotopic (exact) mass is 288 g/mol. The van der Waals surface area contributed by atoms with E-state index >= 15 is 0 Å². The molecule has 0 amide bonds. The SMILES string of the molecule is NCc1cnnn1-c1cc(Br)c(F)cc1F. The molecule has 0 unspecified atom stereocenters. The number of hydrogen-bond acceptors (Lipinski definition) is 3. The van der Waals surface area contributed by atoms with Crippen molar-refractivity contribution in [2.45, 2.75) is 6.54 Å². The Hall–Kier alpha value is -1.34. The van der Waals surface area contributed by atoms with Gasteiger partial charge in [0.1, 0.15) is 11.5 Å². The normalized spacial score (nSPS) is 10.8. The van der Waals surface area contributed by atoms with Crippen molar-refractivity contribution in [2.75, 3.05) is 0 Å². The first-order chi connectivity index (χ1) is 7.63. The number of hydrogen-bond donors (Lipinski definition) is 1. The van der Waals surface area contributed by atoms with E-state index in [0.717, 1.165) is 6.07 Å². The van der Waals surface area contributed by atoms with Gasteiger partial charge in [-0.15, -0.1) is 5.10 Å². The lowest BCUT2D eigenvalue weighted by atomic mass is 10.3. The van der Waals surface area contributed by atoms with Gasteiger partial charge >= 0.3 is 0 Å². The topological polar surface area (TPSA) is 56.7 Å². The van der Waals surface area contributed by atoms with Crippen molar-refractivity contribution in [1.29, 1.82) is 0 Å². The highest BCUT2D eigenvalue weighted by atomic mass is 79.9. The first-order valence-electron chi connectivity index (χ1n) is 4.38. The average molecular weight is 289 g/mol. The van der Waals surface area contributed by atoms with Gasteiger partial charge in [0, 0.05) is 12.6 Å². The molecular formula is C9H7BrF2N4. The quantitative estimate of drug-likeness (QED) is 0.857. The summed E-state index contributed by atoms with van der Waals surface area (Å²) in [5.41, 5.74) is 6.08. The van der Waals surface area contributed by atoms with Crippen molar-refractivity contribution in [3.8, 4) is 5.69 Å². The molecule has 7 heteroatoms. The third kappa shape index (κ3) is 1.83. The number of nitrogens with two attached hydrogens (primary N) is 1. The van der Waals surface area contributed by atoms with E-state index in [9.17, 15) is 8.78 Å². The van der Waals surface area contributed by atoms with E-state index in [0.29, 0.717) is 5.69 Å². The minimum Gasteiger partial charge on any atom is -0.325 e. The first kappa shape index (κ1) is 11.2. The molecule has 4 nitrogen and oxygen atoms in total. The van der Waals surface area contributed by atoms with Crippen molar-refractivity contribution < 1.29 is 8.78 Å². The number of halogens is 3. The Bertz CT molecular complexity index is 526. The molecule has 0 aliphatic heterocycles. The molecule has 0 bridgehead atoms. The molecule has 16 heavy (non-hydrogen) atoms.